The lowest BCUT2D eigenvalue weighted by molar-refractivity contribution is 0.0975. The third-order valence-electron chi connectivity index (χ3n) is 11.3. The van der Waals surface area contributed by atoms with Gasteiger partial charge in [-0.2, -0.15) is 0 Å². The fourth-order valence-corrected chi connectivity index (χ4v) is 9.50. The van der Waals surface area contributed by atoms with Gasteiger partial charge in [-0.1, -0.05) is 173 Å². The Bertz CT molecular complexity index is 1720. The highest BCUT2D eigenvalue weighted by Crippen LogP contribution is 2.48. The summed E-state index contributed by atoms with van der Waals surface area (Å²) < 4.78 is 13.3. The van der Waals surface area contributed by atoms with E-state index < -0.39 is 0 Å². The Kier molecular flexibility index (Phi) is 19.8. The lowest BCUT2D eigenvalue weighted by atomic mass is 9.81. The number of ketones is 2. The predicted octanol–water partition coefficient (Wildman–Crippen LogP) is 16.1. The molecule has 0 radical (unpaired) electrons. The SMILES string of the molecule is CCCCCCCCCCCCCCOc1cc2c(c(OCCCCCCCCCCCCCC)c1-c1cccs1)C(=O)c1ccc(-c3cccs3)cc1C2=O. The number of hydrogen-bond donors (Lipinski definition) is 0. The summed E-state index contributed by atoms with van der Waals surface area (Å²) >= 11 is 3.24. The van der Waals surface area contributed by atoms with Crippen LogP contribution in [-0.4, -0.2) is 24.8 Å². The van der Waals surface area contributed by atoms with Gasteiger partial charge in [0.15, 0.2) is 11.6 Å². The topological polar surface area (TPSA) is 52.6 Å². The first-order valence-corrected chi connectivity index (χ1v) is 24.2. The molecule has 0 saturated heterocycles. The molecule has 56 heavy (non-hydrogen) atoms. The predicted molar refractivity (Wildman–Crippen MR) is 240 cm³/mol. The minimum Gasteiger partial charge on any atom is -0.493 e. The molecule has 0 spiro atoms. The number of hydrogen-bond acceptors (Lipinski definition) is 6. The molecule has 2 aromatic carbocycles. The molecule has 0 N–H and O–H groups in total. The van der Waals surface area contributed by atoms with E-state index in [4.69, 9.17) is 9.47 Å². The van der Waals surface area contributed by atoms with Crippen LogP contribution in [0.1, 0.15) is 200 Å². The minimum atomic E-state index is -0.151. The highest BCUT2D eigenvalue weighted by molar-refractivity contribution is 7.13. The molecular weight excluding hydrogens is 729 g/mol. The van der Waals surface area contributed by atoms with Gasteiger partial charge in [0.2, 0.25) is 0 Å². The monoisotopic (exact) mass is 796 g/mol. The third kappa shape index (κ3) is 13.2. The molecule has 4 nitrogen and oxygen atoms in total. The van der Waals surface area contributed by atoms with E-state index in [0.717, 1.165) is 46.6 Å². The Hall–Kier alpha value is -3.22. The van der Waals surface area contributed by atoms with E-state index in [1.165, 1.54) is 128 Å². The maximum Gasteiger partial charge on any atom is 0.198 e. The van der Waals surface area contributed by atoms with Crippen LogP contribution in [-0.2, 0) is 0 Å². The van der Waals surface area contributed by atoms with Crippen molar-refractivity contribution in [2.75, 3.05) is 13.2 Å². The Morgan fingerprint density at radius 2 is 0.929 bits per heavy atom. The fraction of sp³-hybridized carbons (Fsp3) is 0.560. The smallest absolute Gasteiger partial charge is 0.198 e. The van der Waals surface area contributed by atoms with E-state index in [1.54, 1.807) is 22.7 Å². The Labute approximate surface area is 346 Å². The molecular formula is C50H68O4S2. The van der Waals surface area contributed by atoms with Crippen molar-refractivity contribution in [3.05, 3.63) is 81.5 Å². The molecule has 0 unspecified atom stereocenters. The number of unbranched alkanes of at least 4 members (excludes halogenated alkanes) is 22. The average molecular weight is 797 g/mol. The number of fused-ring (bicyclic) bond motifs is 2. The molecule has 304 valence electrons. The second-order valence-electron chi connectivity index (χ2n) is 15.8. The van der Waals surface area contributed by atoms with Crippen LogP contribution < -0.4 is 9.47 Å². The van der Waals surface area contributed by atoms with Crippen LogP contribution in [0.2, 0.25) is 0 Å². The Morgan fingerprint density at radius 1 is 0.446 bits per heavy atom. The molecule has 2 aromatic heterocycles. The van der Waals surface area contributed by atoms with Crippen molar-refractivity contribution in [3.63, 3.8) is 0 Å². The summed E-state index contributed by atoms with van der Waals surface area (Å²) in [6.45, 7) is 5.61. The fourth-order valence-electron chi connectivity index (χ4n) is 8.00. The molecule has 0 fully saturated rings. The molecule has 1 aliphatic rings. The standard InChI is InChI=1S/C50H68O4S2/c1-3-5-7-9-11-13-15-17-19-21-23-25-33-53-43-38-42-46(49(52)40-32-31-39(37-41(40)48(42)51)44-29-27-35-55-44)50(47(43)45-30-28-36-56-45)54-34-26-24-22-20-18-16-14-12-10-8-6-4-2/h27-32,35-38H,3-26,33-34H2,1-2H3. The summed E-state index contributed by atoms with van der Waals surface area (Å²) in [5.74, 6) is 0.848. The van der Waals surface area contributed by atoms with Crippen molar-refractivity contribution in [2.24, 2.45) is 0 Å². The van der Waals surface area contributed by atoms with Gasteiger partial charge in [-0.25, -0.2) is 0 Å². The molecule has 0 saturated carbocycles. The minimum absolute atomic E-state index is 0.142. The van der Waals surface area contributed by atoms with Crippen LogP contribution in [0, 0.1) is 0 Å². The molecule has 5 rings (SSSR count). The van der Waals surface area contributed by atoms with Crippen molar-refractivity contribution in [3.8, 4) is 32.4 Å². The molecule has 1 aliphatic carbocycles. The Morgan fingerprint density at radius 3 is 1.43 bits per heavy atom. The highest BCUT2D eigenvalue weighted by Gasteiger charge is 2.36. The van der Waals surface area contributed by atoms with E-state index in [1.807, 2.05) is 53.2 Å². The van der Waals surface area contributed by atoms with Crippen LogP contribution in [0.15, 0.2) is 59.3 Å². The molecule has 0 aliphatic heterocycles. The second-order valence-corrected chi connectivity index (χ2v) is 17.7. The van der Waals surface area contributed by atoms with Gasteiger partial charge in [-0.05, 0) is 59.5 Å². The normalized spacial score (nSPS) is 12.2. The van der Waals surface area contributed by atoms with Crippen molar-refractivity contribution in [1.82, 2.24) is 0 Å². The molecule has 6 heteroatoms. The van der Waals surface area contributed by atoms with Gasteiger partial charge in [-0.15, -0.1) is 22.7 Å². The van der Waals surface area contributed by atoms with Gasteiger partial charge < -0.3 is 9.47 Å². The van der Waals surface area contributed by atoms with Gasteiger partial charge in [0.1, 0.15) is 11.5 Å². The van der Waals surface area contributed by atoms with Crippen molar-refractivity contribution in [2.45, 2.75) is 168 Å². The first-order chi connectivity index (χ1) is 27.6. The van der Waals surface area contributed by atoms with Crippen molar-refractivity contribution in [1.29, 1.82) is 0 Å². The molecule has 0 atom stereocenters. The van der Waals surface area contributed by atoms with Gasteiger partial charge in [0, 0.05) is 26.4 Å². The third-order valence-corrected chi connectivity index (χ3v) is 13.1. The van der Waals surface area contributed by atoms with Gasteiger partial charge >= 0.3 is 0 Å². The summed E-state index contributed by atoms with van der Waals surface area (Å²) in [4.78, 5) is 30.9. The second kappa shape index (κ2) is 25.2. The van der Waals surface area contributed by atoms with Crippen molar-refractivity contribution >= 4 is 34.2 Å². The zero-order chi connectivity index (χ0) is 39.2. The maximum atomic E-state index is 14.5. The van der Waals surface area contributed by atoms with E-state index in [9.17, 15) is 9.59 Å². The molecule has 0 bridgehead atoms. The lowest BCUT2D eigenvalue weighted by Gasteiger charge is -2.25. The zero-order valence-electron chi connectivity index (χ0n) is 34.6. The van der Waals surface area contributed by atoms with Gasteiger partial charge in [-0.3, -0.25) is 9.59 Å². The summed E-state index contributed by atoms with van der Waals surface area (Å²) in [6, 6.07) is 15.7. The van der Waals surface area contributed by atoms with E-state index in [-0.39, 0.29) is 11.6 Å². The Balaban J connectivity index is 1.25. The van der Waals surface area contributed by atoms with Crippen LogP contribution in [0.25, 0.3) is 20.9 Å². The average Bonchev–Trinajstić information content (AvgIpc) is 3.96. The molecule has 2 heterocycles. The maximum absolute atomic E-state index is 14.5. The first kappa shape index (κ1) is 43.9. The van der Waals surface area contributed by atoms with Crippen LogP contribution >= 0.6 is 22.7 Å². The van der Waals surface area contributed by atoms with Crippen LogP contribution in [0.3, 0.4) is 0 Å². The summed E-state index contributed by atoms with van der Waals surface area (Å²) in [5.41, 5.74) is 3.42. The van der Waals surface area contributed by atoms with Crippen LogP contribution in [0.5, 0.6) is 11.5 Å². The van der Waals surface area contributed by atoms with Crippen LogP contribution in [0.4, 0.5) is 0 Å². The number of ether oxygens (including phenoxy) is 2. The number of rotatable bonds is 30. The van der Waals surface area contributed by atoms with Gasteiger partial charge in [0.05, 0.1) is 24.3 Å². The van der Waals surface area contributed by atoms with E-state index in [0.29, 0.717) is 47.0 Å². The van der Waals surface area contributed by atoms with Gasteiger partial charge in [0.25, 0.3) is 0 Å². The number of benzene rings is 2. The quantitative estimate of drug-likeness (QED) is 0.0434. The summed E-state index contributed by atoms with van der Waals surface area (Å²) in [7, 11) is 0. The lowest BCUT2D eigenvalue weighted by Crippen LogP contribution is -2.23. The van der Waals surface area contributed by atoms with E-state index >= 15 is 0 Å². The number of thiophene rings is 2. The number of carbonyl (C=O) groups is 2. The summed E-state index contributed by atoms with van der Waals surface area (Å²) in [5, 5.41) is 4.08. The van der Waals surface area contributed by atoms with E-state index in [2.05, 4.69) is 19.9 Å². The first-order valence-electron chi connectivity index (χ1n) is 22.4. The highest BCUT2D eigenvalue weighted by atomic mass is 32.1. The van der Waals surface area contributed by atoms with Crippen molar-refractivity contribution < 1.29 is 19.1 Å². The molecule has 0 amide bonds. The zero-order valence-corrected chi connectivity index (χ0v) is 36.2. The summed E-state index contributed by atoms with van der Waals surface area (Å²) in [6.07, 6.45) is 30.6. The molecule has 4 aromatic rings. The largest absolute Gasteiger partial charge is 0.493 e. The number of carbonyl (C=O) groups excluding carboxylic acids is 2.